The van der Waals surface area contributed by atoms with Crippen molar-refractivity contribution >= 4 is 5.91 Å². The summed E-state index contributed by atoms with van der Waals surface area (Å²) in [5, 5.41) is 3.38. The van der Waals surface area contributed by atoms with Gasteiger partial charge in [0.1, 0.15) is 5.54 Å². The number of nitrogens with two attached hydrogens (primary N) is 1. The van der Waals surface area contributed by atoms with E-state index in [1.54, 1.807) is 0 Å². The molecule has 0 radical (unpaired) electrons. The van der Waals surface area contributed by atoms with Crippen LogP contribution in [0.5, 0.6) is 0 Å². The Labute approximate surface area is 149 Å². The first-order chi connectivity index (χ1) is 11.7. The van der Waals surface area contributed by atoms with Crippen LogP contribution < -0.4 is 11.1 Å². The summed E-state index contributed by atoms with van der Waals surface area (Å²) in [7, 11) is 0. The molecule has 1 aliphatic heterocycles. The van der Waals surface area contributed by atoms with Gasteiger partial charge in [0, 0.05) is 0 Å². The van der Waals surface area contributed by atoms with Gasteiger partial charge in [-0.15, -0.1) is 0 Å². The molecule has 4 nitrogen and oxygen atoms in total. The van der Waals surface area contributed by atoms with Crippen LogP contribution in [0.25, 0.3) is 0 Å². The second kappa shape index (κ2) is 12.7. The van der Waals surface area contributed by atoms with Crippen LogP contribution in [0.3, 0.4) is 0 Å². The van der Waals surface area contributed by atoms with Gasteiger partial charge in [0.15, 0.2) is 0 Å². The maximum Gasteiger partial charge on any atom is 0.238 e. The zero-order valence-corrected chi connectivity index (χ0v) is 16.2. The zero-order valence-electron chi connectivity index (χ0n) is 16.2. The molecule has 1 rings (SSSR count). The Balaban J connectivity index is 2.57. The summed E-state index contributed by atoms with van der Waals surface area (Å²) in [5.41, 5.74) is 5.50. The molecule has 0 aliphatic carbocycles. The first-order valence-electron chi connectivity index (χ1n) is 10.4. The molecule has 1 fully saturated rings. The number of amides is 1. The first-order valence-corrected chi connectivity index (χ1v) is 10.4. The van der Waals surface area contributed by atoms with E-state index in [1.807, 2.05) is 0 Å². The van der Waals surface area contributed by atoms with Crippen LogP contribution in [-0.4, -0.2) is 42.5 Å². The summed E-state index contributed by atoms with van der Waals surface area (Å²) in [6.45, 7) is 8.37. The largest absolute Gasteiger partial charge is 0.368 e. The van der Waals surface area contributed by atoms with E-state index in [4.69, 9.17) is 5.73 Å². The van der Waals surface area contributed by atoms with Crippen molar-refractivity contribution in [3.8, 4) is 0 Å². The number of unbranched alkanes of at least 4 members (excludes halogenated alkanes) is 8. The Morgan fingerprint density at radius 3 is 1.75 bits per heavy atom. The lowest BCUT2D eigenvalue weighted by Crippen LogP contribution is -2.62. The lowest BCUT2D eigenvalue weighted by molar-refractivity contribution is -0.132. The normalized spacial score (nSPS) is 17.3. The summed E-state index contributed by atoms with van der Waals surface area (Å²) in [5.74, 6) is -0.105. The second-order valence-electron chi connectivity index (χ2n) is 7.46. The molecule has 1 saturated heterocycles. The SMILES string of the molecule is CCCCCCCN(CCCCCCC)C1(C(N)=O)CCNCC1. The maximum absolute atomic E-state index is 12.3. The molecule has 24 heavy (non-hydrogen) atoms. The number of primary amides is 1. The zero-order chi connectivity index (χ0) is 17.7. The van der Waals surface area contributed by atoms with Crippen LogP contribution in [0.15, 0.2) is 0 Å². The Morgan fingerprint density at radius 2 is 1.33 bits per heavy atom. The second-order valence-corrected chi connectivity index (χ2v) is 7.46. The molecule has 3 N–H and O–H groups in total. The molecule has 0 saturated carbocycles. The predicted molar refractivity (Wildman–Crippen MR) is 103 cm³/mol. The Bertz CT molecular complexity index is 313. The van der Waals surface area contributed by atoms with Crippen molar-refractivity contribution in [1.82, 2.24) is 10.2 Å². The quantitative estimate of drug-likeness (QED) is 0.473. The van der Waals surface area contributed by atoms with Crippen molar-refractivity contribution < 1.29 is 4.79 Å². The van der Waals surface area contributed by atoms with E-state index in [1.165, 1.54) is 64.2 Å². The van der Waals surface area contributed by atoms with Crippen molar-refractivity contribution in [2.75, 3.05) is 26.2 Å². The minimum Gasteiger partial charge on any atom is -0.368 e. The minimum atomic E-state index is -0.402. The van der Waals surface area contributed by atoms with Crippen LogP contribution in [0.2, 0.25) is 0 Å². The molecule has 4 heteroatoms. The van der Waals surface area contributed by atoms with Gasteiger partial charge in [-0.1, -0.05) is 65.2 Å². The van der Waals surface area contributed by atoms with Gasteiger partial charge in [0.25, 0.3) is 0 Å². The number of piperidine rings is 1. The first kappa shape index (κ1) is 21.4. The number of hydrogen-bond donors (Lipinski definition) is 2. The maximum atomic E-state index is 12.3. The van der Waals surface area contributed by atoms with E-state index in [-0.39, 0.29) is 5.91 Å². The number of nitrogens with zero attached hydrogens (tertiary/aromatic N) is 1. The molecular formula is C20H41N3O. The molecule has 0 aromatic heterocycles. The number of hydrogen-bond acceptors (Lipinski definition) is 3. The van der Waals surface area contributed by atoms with Crippen LogP contribution in [0.4, 0.5) is 0 Å². The third-order valence-corrected chi connectivity index (χ3v) is 5.56. The van der Waals surface area contributed by atoms with Gasteiger partial charge < -0.3 is 11.1 Å². The molecule has 1 heterocycles. The topological polar surface area (TPSA) is 58.4 Å². The van der Waals surface area contributed by atoms with E-state index >= 15 is 0 Å². The molecule has 0 bridgehead atoms. The summed E-state index contributed by atoms with van der Waals surface area (Å²) in [6, 6.07) is 0. The summed E-state index contributed by atoms with van der Waals surface area (Å²) >= 11 is 0. The highest BCUT2D eigenvalue weighted by molar-refractivity contribution is 5.84. The van der Waals surface area contributed by atoms with E-state index in [0.717, 1.165) is 39.0 Å². The van der Waals surface area contributed by atoms with Gasteiger partial charge in [-0.2, -0.15) is 0 Å². The third kappa shape index (κ3) is 7.10. The Hall–Kier alpha value is -0.610. The third-order valence-electron chi connectivity index (χ3n) is 5.56. The van der Waals surface area contributed by atoms with Crippen molar-refractivity contribution in [3.05, 3.63) is 0 Å². The predicted octanol–water partition coefficient (Wildman–Crippen LogP) is 3.84. The number of carbonyl (C=O) groups is 1. The van der Waals surface area contributed by atoms with Crippen molar-refractivity contribution in [2.45, 2.75) is 96.4 Å². The molecule has 1 aliphatic rings. The summed E-state index contributed by atoms with van der Waals surface area (Å²) in [6.07, 6.45) is 14.5. The van der Waals surface area contributed by atoms with Crippen molar-refractivity contribution in [1.29, 1.82) is 0 Å². The Morgan fingerprint density at radius 1 is 0.875 bits per heavy atom. The smallest absolute Gasteiger partial charge is 0.238 e. The molecule has 142 valence electrons. The minimum absolute atomic E-state index is 0.105. The highest BCUT2D eigenvalue weighted by atomic mass is 16.1. The average molecular weight is 340 g/mol. The van der Waals surface area contributed by atoms with Crippen LogP contribution in [-0.2, 0) is 4.79 Å². The fourth-order valence-electron chi connectivity index (χ4n) is 3.91. The molecule has 0 aromatic rings. The van der Waals surface area contributed by atoms with E-state index in [0.29, 0.717) is 0 Å². The van der Waals surface area contributed by atoms with Gasteiger partial charge >= 0.3 is 0 Å². The van der Waals surface area contributed by atoms with E-state index in [2.05, 4.69) is 24.1 Å². The molecule has 1 amide bonds. The standard InChI is InChI=1S/C20H41N3O/c1-3-5-7-9-11-17-23(18-12-10-8-6-4-2)20(19(21)24)13-15-22-16-14-20/h22H,3-18H2,1-2H3,(H2,21,24). The van der Waals surface area contributed by atoms with Crippen molar-refractivity contribution in [2.24, 2.45) is 5.73 Å². The van der Waals surface area contributed by atoms with Crippen LogP contribution in [0.1, 0.15) is 90.9 Å². The van der Waals surface area contributed by atoms with Gasteiger partial charge in [-0.05, 0) is 51.9 Å². The monoisotopic (exact) mass is 339 g/mol. The number of rotatable bonds is 14. The molecular weight excluding hydrogens is 298 g/mol. The summed E-state index contributed by atoms with van der Waals surface area (Å²) < 4.78 is 0. The number of nitrogens with one attached hydrogen (secondary N) is 1. The molecule has 0 spiro atoms. The van der Waals surface area contributed by atoms with Crippen molar-refractivity contribution in [3.63, 3.8) is 0 Å². The van der Waals surface area contributed by atoms with E-state index < -0.39 is 5.54 Å². The lowest BCUT2D eigenvalue weighted by atomic mass is 9.85. The highest BCUT2D eigenvalue weighted by Crippen LogP contribution is 2.27. The van der Waals surface area contributed by atoms with Gasteiger partial charge in [0.2, 0.25) is 5.91 Å². The fraction of sp³-hybridized carbons (Fsp3) is 0.950. The highest BCUT2D eigenvalue weighted by Gasteiger charge is 2.42. The molecule has 0 atom stereocenters. The Kier molecular flexibility index (Phi) is 11.4. The van der Waals surface area contributed by atoms with Gasteiger partial charge in [-0.25, -0.2) is 0 Å². The van der Waals surface area contributed by atoms with Crippen LogP contribution >= 0.6 is 0 Å². The van der Waals surface area contributed by atoms with Crippen LogP contribution in [0, 0.1) is 0 Å². The fourth-order valence-corrected chi connectivity index (χ4v) is 3.91. The average Bonchev–Trinajstić information content (AvgIpc) is 2.60. The molecule has 0 aromatic carbocycles. The lowest BCUT2D eigenvalue weighted by Gasteiger charge is -2.44. The van der Waals surface area contributed by atoms with Gasteiger partial charge in [0.05, 0.1) is 0 Å². The van der Waals surface area contributed by atoms with E-state index in [9.17, 15) is 4.79 Å². The molecule has 0 unspecified atom stereocenters. The summed E-state index contributed by atoms with van der Waals surface area (Å²) in [4.78, 5) is 14.8. The number of carbonyl (C=O) groups excluding carboxylic acids is 1. The van der Waals surface area contributed by atoms with Gasteiger partial charge in [-0.3, -0.25) is 9.69 Å².